The summed E-state index contributed by atoms with van der Waals surface area (Å²) in [6.07, 6.45) is 7.28. The third-order valence-corrected chi connectivity index (χ3v) is 7.33. The van der Waals surface area contributed by atoms with Gasteiger partial charge in [-0.3, -0.25) is 9.37 Å². The molecule has 3 atom stereocenters. The Morgan fingerprint density at radius 1 is 1.26 bits per heavy atom. The van der Waals surface area contributed by atoms with Crippen molar-refractivity contribution in [3.05, 3.63) is 65.9 Å². The second-order valence-electron chi connectivity index (χ2n) is 9.65. The average molecular weight is 463 g/mol. The van der Waals surface area contributed by atoms with Crippen LogP contribution in [0.3, 0.4) is 0 Å². The number of alkyl halides is 1. The van der Waals surface area contributed by atoms with E-state index in [0.29, 0.717) is 18.5 Å². The number of aromatic amines is 1. The molecule has 6 nitrogen and oxygen atoms in total. The van der Waals surface area contributed by atoms with Crippen molar-refractivity contribution in [2.24, 2.45) is 0 Å². The first-order valence-corrected chi connectivity index (χ1v) is 12.5. The largest absolute Gasteiger partial charge is 0.365 e. The van der Waals surface area contributed by atoms with Crippen molar-refractivity contribution in [2.75, 3.05) is 31.6 Å². The van der Waals surface area contributed by atoms with Gasteiger partial charge in [-0.15, -0.1) is 0 Å². The maximum Gasteiger partial charge on any atom is 0.144 e. The van der Waals surface area contributed by atoms with E-state index in [1.165, 1.54) is 22.2 Å². The zero-order valence-electron chi connectivity index (χ0n) is 20.2. The van der Waals surface area contributed by atoms with E-state index < -0.39 is 0 Å². The second-order valence-corrected chi connectivity index (χ2v) is 9.65. The van der Waals surface area contributed by atoms with Gasteiger partial charge in [-0.05, 0) is 44.2 Å². The quantitative estimate of drug-likeness (QED) is 0.490. The van der Waals surface area contributed by atoms with Crippen molar-refractivity contribution in [3.8, 4) is 0 Å². The Balaban J connectivity index is 1.41. The zero-order chi connectivity index (χ0) is 23.7. The number of rotatable bonds is 8. The van der Waals surface area contributed by atoms with Crippen molar-refractivity contribution < 1.29 is 4.39 Å². The Kier molecular flexibility index (Phi) is 6.55. The number of fused-ring (bicyclic) bond motifs is 3. The van der Waals surface area contributed by atoms with Crippen LogP contribution in [0.15, 0.2) is 48.9 Å². The van der Waals surface area contributed by atoms with E-state index >= 15 is 0 Å². The molecule has 0 aliphatic carbocycles. The molecule has 2 aliphatic rings. The van der Waals surface area contributed by atoms with Crippen LogP contribution in [0.2, 0.25) is 0 Å². The summed E-state index contributed by atoms with van der Waals surface area (Å²) in [4.78, 5) is 18.1. The number of aromatic nitrogens is 3. The highest BCUT2D eigenvalue weighted by molar-refractivity contribution is 5.85. The zero-order valence-corrected chi connectivity index (χ0v) is 20.2. The molecular weight excluding hydrogens is 427 g/mol. The van der Waals surface area contributed by atoms with E-state index in [2.05, 4.69) is 64.8 Å². The van der Waals surface area contributed by atoms with E-state index in [-0.39, 0.29) is 12.7 Å². The summed E-state index contributed by atoms with van der Waals surface area (Å²) in [5.41, 5.74) is 5.78. The summed E-state index contributed by atoms with van der Waals surface area (Å²) in [5, 5.41) is 4.82. The van der Waals surface area contributed by atoms with Crippen molar-refractivity contribution in [1.29, 1.82) is 0 Å². The third kappa shape index (κ3) is 4.29. The Hall–Kier alpha value is -2.93. The van der Waals surface area contributed by atoms with Crippen molar-refractivity contribution >= 4 is 16.7 Å². The molecule has 1 unspecified atom stereocenters. The van der Waals surface area contributed by atoms with Crippen LogP contribution in [0.25, 0.3) is 10.9 Å². The Morgan fingerprint density at radius 2 is 2.12 bits per heavy atom. The first-order chi connectivity index (χ1) is 16.6. The molecule has 1 fully saturated rings. The molecule has 3 aromatic rings. The van der Waals surface area contributed by atoms with Gasteiger partial charge in [0.1, 0.15) is 11.9 Å². The smallest absolute Gasteiger partial charge is 0.144 e. The lowest BCUT2D eigenvalue weighted by Gasteiger charge is -2.43. The van der Waals surface area contributed by atoms with Gasteiger partial charge < -0.3 is 20.1 Å². The summed E-state index contributed by atoms with van der Waals surface area (Å²) in [5.74, 6) is 0.794. The number of benzene rings is 1. The highest BCUT2D eigenvalue weighted by Gasteiger charge is 2.37. The topological polar surface area (TPSA) is 60.1 Å². The maximum atomic E-state index is 12.5. The van der Waals surface area contributed by atoms with Gasteiger partial charge in [0.05, 0.1) is 24.8 Å². The van der Waals surface area contributed by atoms with Crippen LogP contribution in [-0.2, 0) is 6.42 Å². The minimum Gasteiger partial charge on any atom is -0.365 e. The molecule has 0 bridgehead atoms. The van der Waals surface area contributed by atoms with Crippen LogP contribution >= 0.6 is 0 Å². The predicted molar refractivity (Wildman–Crippen MR) is 136 cm³/mol. The number of nitrogens with one attached hydrogen (secondary N) is 2. The lowest BCUT2D eigenvalue weighted by Crippen LogP contribution is -2.42. The first-order valence-electron chi connectivity index (χ1n) is 12.5. The van der Waals surface area contributed by atoms with E-state index in [1.54, 1.807) is 0 Å². The lowest BCUT2D eigenvalue weighted by atomic mass is 9.90. The summed E-state index contributed by atoms with van der Waals surface area (Å²) < 4.78 is 12.5. The predicted octanol–water partition coefficient (Wildman–Crippen LogP) is 5.06. The molecule has 0 spiro atoms. The van der Waals surface area contributed by atoms with Crippen molar-refractivity contribution in [1.82, 2.24) is 24.8 Å². The number of H-pyrrole nitrogens is 1. The number of allylic oxidation sites excluding steroid dienone is 1. The third-order valence-electron chi connectivity index (χ3n) is 7.33. The van der Waals surface area contributed by atoms with Gasteiger partial charge >= 0.3 is 0 Å². The molecule has 5 rings (SSSR count). The molecule has 1 saturated heterocycles. The van der Waals surface area contributed by atoms with Gasteiger partial charge in [-0.25, -0.2) is 4.98 Å². The Morgan fingerprint density at radius 3 is 2.88 bits per heavy atom. The molecule has 2 N–H and O–H groups in total. The fraction of sp³-hybridized carbons (Fsp3) is 0.481. The van der Waals surface area contributed by atoms with E-state index in [9.17, 15) is 4.39 Å². The van der Waals surface area contributed by atoms with Crippen LogP contribution in [0.1, 0.15) is 56.1 Å². The number of hydrogen-bond donors (Lipinski definition) is 2. The summed E-state index contributed by atoms with van der Waals surface area (Å²) >= 11 is 0. The van der Waals surface area contributed by atoms with Crippen LogP contribution in [-0.4, -0.2) is 63.1 Å². The SMILES string of the molecule is C=C(CC)N1[C@H](c2cnc(NC3CCN(CCCF)C3)cn2)c2[nH]c3ccccc3c2C[C@H]1C. The highest BCUT2D eigenvalue weighted by atomic mass is 19.1. The molecule has 0 radical (unpaired) electrons. The number of hydrogen-bond acceptors (Lipinski definition) is 5. The van der Waals surface area contributed by atoms with Crippen LogP contribution in [0, 0.1) is 0 Å². The number of halogens is 1. The van der Waals surface area contributed by atoms with Crippen LogP contribution in [0.4, 0.5) is 10.2 Å². The first kappa shape index (κ1) is 22.8. The second kappa shape index (κ2) is 9.74. The van der Waals surface area contributed by atoms with Crippen LogP contribution < -0.4 is 5.32 Å². The molecule has 4 heterocycles. The maximum absolute atomic E-state index is 12.5. The molecule has 0 amide bonds. The van der Waals surface area contributed by atoms with Crippen molar-refractivity contribution in [2.45, 2.75) is 57.7 Å². The summed E-state index contributed by atoms with van der Waals surface area (Å²) in [7, 11) is 0. The van der Waals surface area contributed by atoms with Crippen LogP contribution in [0.5, 0.6) is 0 Å². The summed E-state index contributed by atoms with van der Waals surface area (Å²) in [6.45, 7) is 11.3. The van der Waals surface area contributed by atoms with Crippen molar-refractivity contribution in [3.63, 3.8) is 0 Å². The molecule has 2 aliphatic heterocycles. The molecule has 0 saturated carbocycles. The minimum atomic E-state index is -0.249. The normalized spacial score (nSPS) is 22.8. The highest BCUT2D eigenvalue weighted by Crippen LogP contribution is 2.42. The minimum absolute atomic E-state index is 0.0391. The molecule has 7 heteroatoms. The van der Waals surface area contributed by atoms with E-state index in [4.69, 9.17) is 9.97 Å². The van der Waals surface area contributed by atoms with Gasteiger partial charge in [0.25, 0.3) is 0 Å². The average Bonchev–Trinajstić information content (AvgIpc) is 3.46. The number of anilines is 1. The number of para-hydroxylation sites is 1. The standard InChI is InChI=1S/C27H35FN6/c1-4-18(2)34-19(3)14-22-21-8-5-6-9-23(21)32-26(22)27(34)24-15-30-25(16-29-24)31-20-10-13-33(17-20)12-7-11-28/h5-6,8-9,15-16,19-20,27,32H,2,4,7,10-14,17H2,1,3H3,(H,30,31)/t19-,20?,27-/m1/s1. The number of nitrogens with zero attached hydrogens (tertiary/aromatic N) is 4. The molecule has 180 valence electrons. The van der Waals surface area contributed by atoms with Gasteiger partial charge in [0.15, 0.2) is 0 Å². The number of likely N-dealkylation sites (tertiary alicyclic amines) is 1. The van der Waals surface area contributed by atoms with Gasteiger partial charge in [0, 0.05) is 54.0 Å². The molecule has 34 heavy (non-hydrogen) atoms. The van der Waals surface area contributed by atoms with E-state index in [1.807, 2.05) is 12.4 Å². The lowest BCUT2D eigenvalue weighted by molar-refractivity contribution is 0.192. The molecule has 1 aromatic carbocycles. The fourth-order valence-electron chi connectivity index (χ4n) is 5.63. The molecular formula is C27H35FN6. The van der Waals surface area contributed by atoms with E-state index in [0.717, 1.165) is 56.1 Å². The Labute approximate surface area is 201 Å². The monoisotopic (exact) mass is 462 g/mol. The van der Waals surface area contributed by atoms with Gasteiger partial charge in [-0.2, -0.15) is 0 Å². The van der Waals surface area contributed by atoms with Gasteiger partial charge in [0.2, 0.25) is 0 Å². The fourth-order valence-corrected chi connectivity index (χ4v) is 5.63. The molecule has 2 aromatic heterocycles. The Bertz CT molecular complexity index is 1140. The van der Waals surface area contributed by atoms with Gasteiger partial charge in [-0.1, -0.05) is 31.7 Å². The summed E-state index contributed by atoms with van der Waals surface area (Å²) in [6, 6.07) is 9.14.